The average Bonchev–Trinajstić information content (AvgIpc) is 2.52. The highest BCUT2D eigenvalue weighted by molar-refractivity contribution is 5.76. The fraction of sp³-hybridized carbons (Fsp3) is 0.500. The van der Waals surface area contributed by atoms with E-state index in [0.717, 1.165) is 31.4 Å². The maximum Gasteiger partial charge on any atom is 0.222 e. The van der Waals surface area contributed by atoms with Gasteiger partial charge in [0.1, 0.15) is 0 Å². The van der Waals surface area contributed by atoms with Crippen molar-refractivity contribution in [2.45, 2.75) is 38.7 Å². The van der Waals surface area contributed by atoms with Crippen LogP contribution in [0.1, 0.15) is 38.2 Å². The van der Waals surface area contributed by atoms with E-state index in [0.29, 0.717) is 13.0 Å². The zero-order chi connectivity index (χ0) is 15.1. The van der Waals surface area contributed by atoms with Gasteiger partial charge in [0.05, 0.1) is 6.10 Å². The lowest BCUT2D eigenvalue weighted by molar-refractivity contribution is -0.133. The van der Waals surface area contributed by atoms with Crippen molar-refractivity contribution in [3.05, 3.63) is 42.0 Å². The van der Waals surface area contributed by atoms with E-state index in [4.69, 9.17) is 0 Å². The molecular weight excluding hydrogens is 262 g/mol. The quantitative estimate of drug-likeness (QED) is 0.904. The van der Waals surface area contributed by atoms with E-state index in [-0.39, 0.29) is 17.9 Å². The van der Waals surface area contributed by atoms with Gasteiger partial charge in [-0.15, -0.1) is 0 Å². The van der Waals surface area contributed by atoms with Crippen molar-refractivity contribution in [3.8, 4) is 0 Å². The summed E-state index contributed by atoms with van der Waals surface area (Å²) < 4.78 is 0. The number of rotatable bonds is 5. The van der Waals surface area contributed by atoms with Crippen LogP contribution in [0.5, 0.6) is 0 Å². The van der Waals surface area contributed by atoms with Crippen molar-refractivity contribution in [3.63, 3.8) is 0 Å². The van der Waals surface area contributed by atoms with Crippen LogP contribution in [0.2, 0.25) is 0 Å². The van der Waals surface area contributed by atoms with Gasteiger partial charge in [-0.2, -0.15) is 0 Å². The van der Waals surface area contributed by atoms with Gasteiger partial charge in [0, 0.05) is 25.4 Å². The molecule has 21 heavy (non-hydrogen) atoms. The van der Waals surface area contributed by atoms with Crippen molar-refractivity contribution in [1.29, 1.82) is 0 Å². The lowest BCUT2D eigenvalue weighted by atomic mass is 9.93. The van der Waals surface area contributed by atoms with Gasteiger partial charge in [-0.25, -0.2) is 0 Å². The van der Waals surface area contributed by atoms with E-state index in [9.17, 15) is 9.90 Å². The van der Waals surface area contributed by atoms with Crippen LogP contribution in [0, 0.1) is 5.92 Å². The van der Waals surface area contributed by atoms with E-state index < -0.39 is 0 Å². The maximum absolute atomic E-state index is 12.2. The number of hydrogen-bond acceptors (Lipinski definition) is 2. The molecule has 1 aromatic carbocycles. The second-order valence-electron chi connectivity index (χ2n) is 5.83. The Hall–Kier alpha value is -1.61. The third-order valence-electron chi connectivity index (χ3n) is 4.13. The fourth-order valence-corrected chi connectivity index (χ4v) is 2.78. The molecule has 0 radical (unpaired) electrons. The molecule has 0 aliphatic carbocycles. The molecule has 1 saturated heterocycles. The molecule has 2 rings (SSSR count). The molecule has 1 aromatic rings. The van der Waals surface area contributed by atoms with Gasteiger partial charge in [-0.05, 0) is 31.7 Å². The zero-order valence-electron chi connectivity index (χ0n) is 12.7. The van der Waals surface area contributed by atoms with Crippen LogP contribution >= 0.6 is 0 Å². The summed E-state index contributed by atoms with van der Waals surface area (Å²) in [5.74, 6) is 0.445. The largest absolute Gasteiger partial charge is 0.393 e. The molecule has 0 spiro atoms. The van der Waals surface area contributed by atoms with Crippen molar-refractivity contribution in [1.82, 2.24) is 4.90 Å². The Bertz CT molecular complexity index is 467. The summed E-state index contributed by atoms with van der Waals surface area (Å²) in [5, 5.41) is 9.67. The van der Waals surface area contributed by atoms with Gasteiger partial charge >= 0.3 is 0 Å². The number of carbonyl (C=O) groups is 1. The van der Waals surface area contributed by atoms with Crippen LogP contribution in [0.25, 0.3) is 6.08 Å². The molecular formula is C18H25NO2. The number of likely N-dealkylation sites (tertiary alicyclic amines) is 1. The van der Waals surface area contributed by atoms with Gasteiger partial charge in [0.25, 0.3) is 0 Å². The SMILES string of the molecule is CC(O)C1CCCN(C(=O)CC/C=C/c2ccccc2)C1. The van der Waals surface area contributed by atoms with Crippen LogP contribution in [-0.2, 0) is 4.79 Å². The normalized spacial score (nSPS) is 20.7. The summed E-state index contributed by atoms with van der Waals surface area (Å²) >= 11 is 0. The van der Waals surface area contributed by atoms with Crippen molar-refractivity contribution >= 4 is 12.0 Å². The Balaban J connectivity index is 1.75. The minimum Gasteiger partial charge on any atom is -0.393 e. The lowest BCUT2D eigenvalue weighted by Gasteiger charge is -2.34. The molecule has 3 heteroatoms. The smallest absolute Gasteiger partial charge is 0.222 e. The molecule has 1 fully saturated rings. The number of piperidine rings is 1. The topological polar surface area (TPSA) is 40.5 Å². The van der Waals surface area contributed by atoms with Gasteiger partial charge in [-0.3, -0.25) is 4.79 Å². The molecule has 1 heterocycles. The van der Waals surface area contributed by atoms with E-state index >= 15 is 0 Å². The first-order valence-electron chi connectivity index (χ1n) is 7.84. The average molecular weight is 287 g/mol. The highest BCUT2D eigenvalue weighted by Crippen LogP contribution is 2.20. The van der Waals surface area contributed by atoms with Crippen LogP contribution in [0.4, 0.5) is 0 Å². The number of aliphatic hydroxyl groups excluding tert-OH is 1. The monoisotopic (exact) mass is 287 g/mol. The van der Waals surface area contributed by atoms with Crippen molar-refractivity contribution in [2.75, 3.05) is 13.1 Å². The van der Waals surface area contributed by atoms with E-state index in [2.05, 4.69) is 24.3 Å². The summed E-state index contributed by atoms with van der Waals surface area (Å²) in [6.45, 7) is 3.37. The molecule has 0 aromatic heterocycles. The Kier molecular flexibility index (Phi) is 6.00. The Morgan fingerprint density at radius 3 is 2.90 bits per heavy atom. The molecule has 3 nitrogen and oxygen atoms in total. The molecule has 2 unspecified atom stereocenters. The number of allylic oxidation sites excluding steroid dienone is 1. The number of aliphatic hydroxyl groups is 1. The third-order valence-corrected chi connectivity index (χ3v) is 4.13. The lowest BCUT2D eigenvalue weighted by Crippen LogP contribution is -2.42. The maximum atomic E-state index is 12.2. The first kappa shape index (κ1) is 15.8. The van der Waals surface area contributed by atoms with Crippen LogP contribution < -0.4 is 0 Å². The predicted molar refractivity (Wildman–Crippen MR) is 85.7 cm³/mol. The van der Waals surface area contributed by atoms with Gasteiger partial charge in [-0.1, -0.05) is 42.5 Å². The van der Waals surface area contributed by atoms with Gasteiger partial charge in [0.15, 0.2) is 0 Å². The Morgan fingerprint density at radius 1 is 1.43 bits per heavy atom. The number of amides is 1. The number of nitrogens with zero attached hydrogens (tertiary/aromatic N) is 1. The van der Waals surface area contributed by atoms with Gasteiger partial charge < -0.3 is 10.0 Å². The van der Waals surface area contributed by atoms with Crippen LogP contribution in [0.15, 0.2) is 36.4 Å². The Labute approximate surface area is 127 Å². The Morgan fingerprint density at radius 2 is 2.19 bits per heavy atom. The van der Waals surface area contributed by atoms with E-state index in [1.807, 2.05) is 30.0 Å². The van der Waals surface area contributed by atoms with E-state index in [1.54, 1.807) is 0 Å². The third kappa shape index (κ3) is 5.01. The van der Waals surface area contributed by atoms with Crippen LogP contribution in [-0.4, -0.2) is 35.1 Å². The number of carbonyl (C=O) groups excluding carboxylic acids is 1. The first-order valence-corrected chi connectivity index (χ1v) is 7.84. The predicted octanol–water partition coefficient (Wildman–Crippen LogP) is 3.10. The number of hydrogen-bond donors (Lipinski definition) is 1. The summed E-state index contributed by atoms with van der Waals surface area (Å²) in [6.07, 6.45) is 7.14. The summed E-state index contributed by atoms with van der Waals surface area (Å²) in [4.78, 5) is 14.1. The molecule has 114 valence electrons. The fourth-order valence-electron chi connectivity index (χ4n) is 2.78. The molecule has 1 amide bonds. The molecule has 0 bridgehead atoms. The minimum atomic E-state index is -0.321. The summed E-state index contributed by atoms with van der Waals surface area (Å²) in [6, 6.07) is 10.1. The second kappa shape index (κ2) is 7.99. The van der Waals surface area contributed by atoms with Crippen molar-refractivity contribution in [2.24, 2.45) is 5.92 Å². The van der Waals surface area contributed by atoms with Crippen molar-refractivity contribution < 1.29 is 9.90 Å². The molecule has 2 atom stereocenters. The highest BCUT2D eigenvalue weighted by atomic mass is 16.3. The van der Waals surface area contributed by atoms with Gasteiger partial charge in [0.2, 0.25) is 5.91 Å². The second-order valence-corrected chi connectivity index (χ2v) is 5.83. The highest BCUT2D eigenvalue weighted by Gasteiger charge is 2.25. The van der Waals surface area contributed by atoms with E-state index in [1.165, 1.54) is 0 Å². The number of benzene rings is 1. The molecule has 0 saturated carbocycles. The standard InChI is InChI=1S/C18H25NO2/c1-15(20)17-11-7-13-19(14-17)18(21)12-6-5-10-16-8-3-2-4-9-16/h2-5,8-10,15,17,20H,6-7,11-14H2,1H3/b10-5+. The summed E-state index contributed by atoms with van der Waals surface area (Å²) in [7, 11) is 0. The first-order chi connectivity index (χ1) is 10.2. The summed E-state index contributed by atoms with van der Waals surface area (Å²) in [5.41, 5.74) is 1.16. The molecule has 1 aliphatic heterocycles. The van der Waals surface area contributed by atoms with Crippen LogP contribution in [0.3, 0.4) is 0 Å². The minimum absolute atomic E-state index is 0.207. The zero-order valence-corrected chi connectivity index (χ0v) is 12.7. The molecule has 1 aliphatic rings. The molecule has 1 N–H and O–H groups in total.